The molecule has 11 nitrogen and oxygen atoms in total. The van der Waals surface area contributed by atoms with Gasteiger partial charge in [0.25, 0.3) is 0 Å². The highest BCUT2D eigenvalue weighted by molar-refractivity contribution is 5.89. The van der Waals surface area contributed by atoms with Gasteiger partial charge in [0.2, 0.25) is 5.95 Å². The summed E-state index contributed by atoms with van der Waals surface area (Å²) in [6.07, 6.45) is 2.96. The summed E-state index contributed by atoms with van der Waals surface area (Å²) in [5, 5.41) is 17.3. The molecule has 1 unspecified atom stereocenters. The normalized spacial score (nSPS) is 18.1. The number of benzene rings is 1. The number of hydrogen-bond acceptors (Lipinski definition) is 8. The molecule has 0 radical (unpaired) electrons. The fourth-order valence-corrected chi connectivity index (χ4v) is 4.84. The molecule has 2 aromatic heterocycles. The summed E-state index contributed by atoms with van der Waals surface area (Å²) in [5.74, 6) is 0.831. The van der Waals surface area contributed by atoms with E-state index < -0.39 is 5.60 Å². The fourth-order valence-electron chi connectivity index (χ4n) is 4.84. The van der Waals surface area contributed by atoms with E-state index in [1.54, 1.807) is 6.33 Å². The number of nitrogen functional groups attached to an aromatic ring is 1. The third-order valence-corrected chi connectivity index (χ3v) is 7.06. The van der Waals surface area contributed by atoms with E-state index in [9.17, 15) is 9.90 Å². The van der Waals surface area contributed by atoms with Gasteiger partial charge in [-0.2, -0.15) is 9.97 Å². The molecule has 38 heavy (non-hydrogen) atoms. The number of nitrogens with one attached hydrogen (secondary N) is 3. The second-order valence-corrected chi connectivity index (χ2v) is 11.5. The Morgan fingerprint density at radius 1 is 1.26 bits per heavy atom. The number of aliphatic hydroxyl groups is 1. The minimum absolute atomic E-state index is 0.0725. The van der Waals surface area contributed by atoms with Crippen molar-refractivity contribution in [3.05, 3.63) is 36.2 Å². The van der Waals surface area contributed by atoms with E-state index in [1.165, 1.54) is 5.56 Å². The van der Waals surface area contributed by atoms with Gasteiger partial charge in [0.05, 0.1) is 11.9 Å². The smallest absolute Gasteiger partial charge is 0.319 e. The summed E-state index contributed by atoms with van der Waals surface area (Å²) in [4.78, 5) is 32.5. The number of fused-ring (bicyclic) bond motifs is 1. The lowest BCUT2D eigenvalue weighted by Crippen LogP contribution is -2.48. The van der Waals surface area contributed by atoms with Gasteiger partial charge in [0.1, 0.15) is 5.52 Å². The van der Waals surface area contributed by atoms with Crippen LogP contribution >= 0.6 is 0 Å². The van der Waals surface area contributed by atoms with Crippen molar-refractivity contribution >= 4 is 34.6 Å². The Labute approximate surface area is 224 Å². The monoisotopic (exact) mass is 523 g/mol. The lowest BCUT2D eigenvalue weighted by molar-refractivity contribution is 0.0125. The Balaban J connectivity index is 1.26. The van der Waals surface area contributed by atoms with Crippen molar-refractivity contribution in [2.24, 2.45) is 0 Å². The predicted octanol–water partition coefficient (Wildman–Crippen LogP) is 3.10. The van der Waals surface area contributed by atoms with Crippen molar-refractivity contribution in [1.29, 1.82) is 0 Å². The zero-order valence-corrected chi connectivity index (χ0v) is 23.1. The molecule has 0 saturated carbocycles. The standard InChI is InChI=1S/C27H41N9O2/c1-18(2)35(13-6-12-29-25(37)32-20-9-7-19(8-10-20)26(3,4)5)15-27(38)11-14-36(16-27)23-21-22(31-17-30-21)33-24(28)34-23/h7-10,17-18,38H,6,11-16H2,1-5H3,(H2,29,32,37)(H3,28,30,31,33,34). The number of carbonyl (C=O) groups is 1. The van der Waals surface area contributed by atoms with E-state index in [0.29, 0.717) is 44.1 Å². The number of anilines is 3. The molecular formula is C27H41N9O2. The number of carbonyl (C=O) groups excluding carboxylic acids is 1. The maximum atomic E-state index is 12.4. The highest BCUT2D eigenvalue weighted by Gasteiger charge is 2.39. The van der Waals surface area contributed by atoms with Crippen LogP contribution in [0.1, 0.15) is 53.0 Å². The van der Waals surface area contributed by atoms with E-state index in [2.05, 4.69) is 70.1 Å². The number of nitrogens with zero attached hydrogens (tertiary/aromatic N) is 5. The van der Waals surface area contributed by atoms with Crippen LogP contribution in [0.25, 0.3) is 11.2 Å². The predicted molar refractivity (Wildman–Crippen MR) is 151 cm³/mol. The number of nitrogens with two attached hydrogens (primary N) is 1. The Bertz CT molecular complexity index is 1240. The van der Waals surface area contributed by atoms with Gasteiger partial charge < -0.3 is 31.4 Å². The lowest BCUT2D eigenvalue weighted by Gasteiger charge is -2.34. The molecule has 1 fully saturated rings. The fraction of sp³-hybridized carbons (Fsp3) is 0.556. The van der Waals surface area contributed by atoms with Crippen LogP contribution in [0.4, 0.5) is 22.2 Å². The highest BCUT2D eigenvalue weighted by Crippen LogP contribution is 2.30. The third-order valence-electron chi connectivity index (χ3n) is 7.06. The average Bonchev–Trinajstić information content (AvgIpc) is 3.47. The van der Waals surface area contributed by atoms with Gasteiger partial charge in [-0.15, -0.1) is 0 Å². The number of aromatic nitrogens is 4. The van der Waals surface area contributed by atoms with Crippen LogP contribution in [0.15, 0.2) is 30.6 Å². The maximum absolute atomic E-state index is 12.4. The van der Waals surface area contributed by atoms with Crippen LogP contribution in [0.3, 0.4) is 0 Å². The second kappa shape index (κ2) is 11.1. The largest absolute Gasteiger partial charge is 0.387 e. The van der Waals surface area contributed by atoms with E-state index in [0.717, 1.165) is 24.2 Å². The van der Waals surface area contributed by atoms with Crippen LogP contribution in [-0.4, -0.2) is 80.3 Å². The van der Waals surface area contributed by atoms with Crippen molar-refractivity contribution in [2.75, 3.05) is 48.7 Å². The number of amides is 2. The van der Waals surface area contributed by atoms with Crippen molar-refractivity contribution in [2.45, 2.75) is 64.5 Å². The summed E-state index contributed by atoms with van der Waals surface area (Å²) < 4.78 is 0. The van der Waals surface area contributed by atoms with Crippen molar-refractivity contribution in [1.82, 2.24) is 30.2 Å². The molecular weight excluding hydrogens is 482 g/mol. The Kier molecular flexibility index (Phi) is 8.08. The molecule has 1 saturated heterocycles. The van der Waals surface area contributed by atoms with Crippen LogP contribution in [-0.2, 0) is 5.41 Å². The van der Waals surface area contributed by atoms with E-state index in [1.807, 2.05) is 29.2 Å². The van der Waals surface area contributed by atoms with Gasteiger partial charge in [-0.1, -0.05) is 32.9 Å². The summed E-state index contributed by atoms with van der Waals surface area (Å²) >= 11 is 0. The van der Waals surface area contributed by atoms with Gasteiger partial charge in [-0.25, -0.2) is 9.78 Å². The van der Waals surface area contributed by atoms with Crippen LogP contribution < -0.4 is 21.3 Å². The Hall–Kier alpha value is -3.44. The first-order valence-corrected chi connectivity index (χ1v) is 13.3. The summed E-state index contributed by atoms with van der Waals surface area (Å²) in [7, 11) is 0. The number of H-pyrrole nitrogens is 1. The minimum atomic E-state index is -0.889. The van der Waals surface area contributed by atoms with Crippen molar-refractivity contribution < 1.29 is 9.90 Å². The molecule has 0 spiro atoms. The highest BCUT2D eigenvalue weighted by atomic mass is 16.3. The number of urea groups is 1. The minimum Gasteiger partial charge on any atom is -0.387 e. The SMILES string of the molecule is CC(C)N(CCCNC(=O)Nc1ccc(C(C)(C)C)cc1)CC1(O)CCN(c2nc(N)nc3nc[nH]c23)C1. The molecule has 3 aromatic rings. The molecule has 1 atom stereocenters. The van der Waals surface area contributed by atoms with E-state index >= 15 is 0 Å². The number of aromatic amines is 1. The number of imidazole rings is 1. The van der Waals surface area contributed by atoms with Gasteiger partial charge in [-0.3, -0.25) is 4.90 Å². The topological polar surface area (TPSA) is 148 Å². The van der Waals surface area contributed by atoms with Gasteiger partial charge in [-0.05, 0) is 49.8 Å². The number of β-amino-alcohol motifs (C(OH)–C–C–N with tert-alkyl or cyclic N) is 1. The van der Waals surface area contributed by atoms with Crippen molar-refractivity contribution in [3.63, 3.8) is 0 Å². The average molecular weight is 524 g/mol. The zero-order chi connectivity index (χ0) is 27.5. The molecule has 6 N–H and O–H groups in total. The molecule has 3 heterocycles. The van der Waals surface area contributed by atoms with Gasteiger partial charge in [0, 0.05) is 44.5 Å². The molecule has 11 heteroatoms. The number of rotatable bonds is 9. The second-order valence-electron chi connectivity index (χ2n) is 11.5. The van der Waals surface area contributed by atoms with Crippen LogP contribution in [0.5, 0.6) is 0 Å². The molecule has 2 amide bonds. The first-order valence-electron chi connectivity index (χ1n) is 13.3. The molecule has 1 aromatic carbocycles. The number of hydrogen-bond donors (Lipinski definition) is 5. The van der Waals surface area contributed by atoms with E-state index in [-0.39, 0.29) is 23.4 Å². The molecule has 1 aliphatic rings. The molecule has 206 valence electrons. The van der Waals surface area contributed by atoms with Crippen LogP contribution in [0, 0.1) is 0 Å². The zero-order valence-electron chi connectivity index (χ0n) is 23.1. The van der Waals surface area contributed by atoms with Crippen molar-refractivity contribution in [3.8, 4) is 0 Å². The third kappa shape index (κ3) is 6.70. The van der Waals surface area contributed by atoms with Crippen LogP contribution in [0.2, 0.25) is 0 Å². The quantitative estimate of drug-likeness (QED) is 0.269. The Morgan fingerprint density at radius 3 is 2.68 bits per heavy atom. The summed E-state index contributed by atoms with van der Waals surface area (Å²) in [6.45, 7) is 13.7. The maximum Gasteiger partial charge on any atom is 0.319 e. The first kappa shape index (κ1) is 27.6. The first-order chi connectivity index (χ1) is 17.9. The summed E-state index contributed by atoms with van der Waals surface area (Å²) in [5.41, 5.74) is 8.30. The molecule has 0 bridgehead atoms. The van der Waals surface area contributed by atoms with E-state index in [4.69, 9.17) is 5.73 Å². The Morgan fingerprint density at radius 2 is 2.00 bits per heavy atom. The molecule has 4 rings (SSSR count). The molecule has 0 aliphatic carbocycles. The molecule has 1 aliphatic heterocycles. The lowest BCUT2D eigenvalue weighted by atomic mass is 9.87. The summed E-state index contributed by atoms with van der Waals surface area (Å²) in [6, 6.07) is 7.98. The van der Waals surface area contributed by atoms with Gasteiger partial charge >= 0.3 is 6.03 Å². The van der Waals surface area contributed by atoms with Gasteiger partial charge in [0.15, 0.2) is 11.5 Å².